The van der Waals surface area contributed by atoms with Crippen LogP contribution < -0.4 is 10.6 Å². The quantitative estimate of drug-likeness (QED) is 0.648. The number of anilines is 1. The first-order chi connectivity index (χ1) is 13.1. The topological polar surface area (TPSA) is 80.3 Å². The summed E-state index contributed by atoms with van der Waals surface area (Å²) >= 11 is 8.56. The van der Waals surface area contributed by atoms with Gasteiger partial charge in [-0.15, -0.1) is 0 Å². The van der Waals surface area contributed by atoms with Gasteiger partial charge in [0.05, 0.1) is 5.69 Å². The number of rotatable bonds is 6. The molecule has 2 N–H and O–H groups in total. The highest BCUT2D eigenvalue weighted by atomic mass is 35.5. The van der Waals surface area contributed by atoms with E-state index >= 15 is 0 Å². The molecule has 28 heavy (non-hydrogen) atoms. The molecule has 2 aromatic rings. The minimum Gasteiger partial charge on any atom is -0.444 e. The molecule has 0 bridgehead atoms. The SMILES string of the molecule is CSCc1nc(NC(=O)OC(C)(C)C)sc1C(=O)NCc1ccc(F)cc1Cl. The number of aromatic nitrogens is 1. The average Bonchev–Trinajstić information content (AvgIpc) is 2.94. The molecular formula is C18H21ClFN3O3S2. The van der Waals surface area contributed by atoms with Crippen LogP contribution in [0.3, 0.4) is 0 Å². The summed E-state index contributed by atoms with van der Waals surface area (Å²) < 4.78 is 18.3. The third kappa shape index (κ3) is 6.65. The van der Waals surface area contributed by atoms with Crippen LogP contribution in [0.4, 0.5) is 14.3 Å². The predicted octanol–water partition coefficient (Wildman–Crippen LogP) is 5.08. The minimum atomic E-state index is -0.641. The summed E-state index contributed by atoms with van der Waals surface area (Å²) in [5.74, 6) is -0.283. The summed E-state index contributed by atoms with van der Waals surface area (Å²) in [6.07, 6.45) is 1.25. The van der Waals surface area contributed by atoms with E-state index in [1.165, 1.54) is 30.0 Å². The Morgan fingerprint density at radius 2 is 2.07 bits per heavy atom. The largest absolute Gasteiger partial charge is 0.444 e. The standard InChI is InChI=1S/C18H21ClFN3O3S2/c1-18(2,3)26-17(25)23-16-22-13(9-27-4)14(28-16)15(24)21-8-10-5-6-11(20)7-12(10)19/h5-7H,8-9H2,1-4H3,(H,21,24)(H,22,23,25). The van der Waals surface area contributed by atoms with Gasteiger partial charge in [-0.25, -0.2) is 14.2 Å². The van der Waals surface area contributed by atoms with Crippen LogP contribution in [-0.4, -0.2) is 28.8 Å². The van der Waals surface area contributed by atoms with Crippen LogP contribution >= 0.6 is 34.7 Å². The molecule has 0 spiro atoms. The molecule has 2 amide bonds. The van der Waals surface area contributed by atoms with Crippen molar-refractivity contribution in [3.05, 3.63) is 45.2 Å². The molecule has 10 heteroatoms. The van der Waals surface area contributed by atoms with Crippen LogP contribution in [0.2, 0.25) is 5.02 Å². The van der Waals surface area contributed by atoms with Crippen molar-refractivity contribution in [2.24, 2.45) is 0 Å². The number of nitrogens with one attached hydrogen (secondary N) is 2. The normalized spacial score (nSPS) is 11.2. The number of hydrogen-bond acceptors (Lipinski definition) is 6. The van der Waals surface area contributed by atoms with Gasteiger partial charge in [-0.3, -0.25) is 10.1 Å². The number of thioether (sulfide) groups is 1. The summed E-state index contributed by atoms with van der Waals surface area (Å²) in [5, 5.41) is 5.82. The lowest BCUT2D eigenvalue weighted by molar-refractivity contribution is 0.0635. The van der Waals surface area contributed by atoms with E-state index in [2.05, 4.69) is 15.6 Å². The Kier molecular flexibility index (Phi) is 7.68. The molecule has 0 aliphatic rings. The van der Waals surface area contributed by atoms with Gasteiger partial charge < -0.3 is 10.1 Å². The maximum absolute atomic E-state index is 13.1. The molecule has 0 aliphatic heterocycles. The number of carbonyl (C=O) groups excluding carboxylic acids is 2. The monoisotopic (exact) mass is 445 g/mol. The molecule has 1 heterocycles. The van der Waals surface area contributed by atoms with Gasteiger partial charge in [0.1, 0.15) is 16.3 Å². The van der Waals surface area contributed by atoms with Gasteiger partial charge in [0.25, 0.3) is 5.91 Å². The molecule has 0 saturated heterocycles. The van der Waals surface area contributed by atoms with Gasteiger partial charge in [-0.2, -0.15) is 11.8 Å². The summed E-state index contributed by atoms with van der Waals surface area (Å²) in [6, 6.07) is 3.99. The van der Waals surface area contributed by atoms with Crippen molar-refractivity contribution >= 4 is 51.8 Å². The smallest absolute Gasteiger partial charge is 0.413 e. The Labute approximate surface area is 176 Å². The summed E-state index contributed by atoms with van der Waals surface area (Å²) in [7, 11) is 0. The van der Waals surface area contributed by atoms with Crippen LogP contribution in [0.1, 0.15) is 41.7 Å². The van der Waals surface area contributed by atoms with Crippen molar-refractivity contribution in [2.75, 3.05) is 11.6 Å². The maximum Gasteiger partial charge on any atom is 0.413 e. The van der Waals surface area contributed by atoms with Crippen molar-refractivity contribution in [3.63, 3.8) is 0 Å². The highest BCUT2D eigenvalue weighted by Crippen LogP contribution is 2.26. The maximum atomic E-state index is 13.1. The number of halogens is 2. The first kappa shape index (κ1) is 22.4. The van der Waals surface area contributed by atoms with Gasteiger partial charge in [0.2, 0.25) is 0 Å². The van der Waals surface area contributed by atoms with Crippen molar-refractivity contribution < 1.29 is 18.7 Å². The predicted molar refractivity (Wildman–Crippen MR) is 112 cm³/mol. The second-order valence-corrected chi connectivity index (χ2v) is 9.05. The van der Waals surface area contributed by atoms with E-state index in [9.17, 15) is 14.0 Å². The lowest BCUT2D eigenvalue weighted by Crippen LogP contribution is -2.27. The number of ether oxygens (including phenoxy) is 1. The molecule has 0 radical (unpaired) electrons. The van der Waals surface area contributed by atoms with Crippen LogP contribution in [0.5, 0.6) is 0 Å². The van der Waals surface area contributed by atoms with Crippen LogP contribution in [-0.2, 0) is 17.0 Å². The number of amides is 2. The lowest BCUT2D eigenvalue weighted by Gasteiger charge is -2.18. The molecule has 0 atom stereocenters. The van der Waals surface area contributed by atoms with E-state index in [-0.39, 0.29) is 22.6 Å². The first-order valence-electron chi connectivity index (χ1n) is 8.30. The Bertz CT molecular complexity index is 868. The molecule has 0 fully saturated rings. The van der Waals surface area contributed by atoms with Crippen LogP contribution in [0.15, 0.2) is 18.2 Å². The van der Waals surface area contributed by atoms with Crippen LogP contribution in [0, 0.1) is 5.82 Å². The van der Waals surface area contributed by atoms with E-state index in [0.717, 1.165) is 11.3 Å². The number of nitrogens with zero attached hydrogens (tertiary/aromatic N) is 1. The molecule has 6 nitrogen and oxygen atoms in total. The van der Waals surface area contributed by atoms with Gasteiger partial charge in [0, 0.05) is 17.3 Å². The Balaban J connectivity index is 2.10. The highest BCUT2D eigenvalue weighted by molar-refractivity contribution is 7.97. The fourth-order valence-corrected chi connectivity index (χ4v) is 3.82. The molecule has 0 aliphatic carbocycles. The van der Waals surface area contributed by atoms with E-state index in [1.54, 1.807) is 20.8 Å². The van der Waals surface area contributed by atoms with Gasteiger partial charge in [0.15, 0.2) is 5.13 Å². The van der Waals surface area contributed by atoms with Crippen molar-refractivity contribution in [1.29, 1.82) is 0 Å². The Morgan fingerprint density at radius 1 is 1.36 bits per heavy atom. The van der Waals surface area contributed by atoms with Gasteiger partial charge in [-0.1, -0.05) is 29.0 Å². The average molecular weight is 446 g/mol. The van der Waals surface area contributed by atoms with Gasteiger partial charge >= 0.3 is 6.09 Å². The molecular weight excluding hydrogens is 425 g/mol. The van der Waals surface area contributed by atoms with Crippen molar-refractivity contribution in [1.82, 2.24) is 10.3 Å². The third-order valence-electron chi connectivity index (χ3n) is 3.25. The highest BCUT2D eigenvalue weighted by Gasteiger charge is 2.21. The fraction of sp³-hybridized carbons (Fsp3) is 0.389. The number of thiazole rings is 1. The molecule has 1 aromatic heterocycles. The summed E-state index contributed by atoms with van der Waals surface area (Å²) in [5.41, 5.74) is 0.517. The fourth-order valence-electron chi connectivity index (χ4n) is 2.13. The molecule has 0 unspecified atom stereocenters. The summed E-state index contributed by atoms with van der Waals surface area (Å²) in [6.45, 7) is 5.41. The number of benzene rings is 1. The zero-order chi connectivity index (χ0) is 20.9. The number of hydrogen-bond donors (Lipinski definition) is 2. The second kappa shape index (κ2) is 9.58. The van der Waals surface area contributed by atoms with Gasteiger partial charge in [-0.05, 0) is 44.7 Å². The minimum absolute atomic E-state index is 0.142. The molecule has 1 aromatic carbocycles. The van der Waals surface area contributed by atoms with Crippen molar-refractivity contribution in [2.45, 2.75) is 38.7 Å². The van der Waals surface area contributed by atoms with E-state index in [1.807, 2.05) is 6.26 Å². The van der Waals surface area contributed by atoms with E-state index in [4.69, 9.17) is 16.3 Å². The van der Waals surface area contributed by atoms with E-state index in [0.29, 0.717) is 21.9 Å². The Hall–Kier alpha value is -1.84. The third-order valence-corrected chi connectivity index (χ3v) is 5.17. The zero-order valence-corrected chi connectivity index (χ0v) is 18.3. The molecule has 152 valence electrons. The second-order valence-electron chi connectivity index (χ2n) is 6.77. The molecule has 2 rings (SSSR count). The Morgan fingerprint density at radius 3 is 2.68 bits per heavy atom. The molecule has 0 saturated carbocycles. The van der Waals surface area contributed by atoms with E-state index < -0.39 is 17.5 Å². The zero-order valence-electron chi connectivity index (χ0n) is 15.9. The number of carbonyl (C=O) groups is 2. The first-order valence-corrected chi connectivity index (χ1v) is 10.9. The van der Waals surface area contributed by atoms with Crippen LogP contribution in [0.25, 0.3) is 0 Å². The lowest BCUT2D eigenvalue weighted by atomic mass is 10.2. The summed E-state index contributed by atoms with van der Waals surface area (Å²) in [4.78, 5) is 29.3. The van der Waals surface area contributed by atoms with Crippen molar-refractivity contribution in [3.8, 4) is 0 Å².